The molecule has 1 aliphatic rings. The van der Waals surface area contributed by atoms with Crippen LogP contribution in [-0.4, -0.2) is 87.5 Å². The molecular formula is C46H81NO8. The molecule has 0 saturated carbocycles. The molecule has 1 rings (SSSR count). The van der Waals surface area contributed by atoms with Crippen LogP contribution in [0.4, 0.5) is 0 Å². The maximum absolute atomic E-state index is 12.9. The average molecular weight is 776 g/mol. The Hall–Kier alpha value is -2.11. The van der Waals surface area contributed by atoms with Gasteiger partial charge in [0.2, 0.25) is 5.91 Å². The number of ether oxygens (including phenoxy) is 2. The SMILES string of the molecule is CC/C=C\C/C=C\C/C=C\C/C=C\C/C=C\CCCCCCCC(=O)NC(COC1OC(CO)C(O)C(O)C1O)C(O)CCCCCCCCCCCCC. The highest BCUT2D eigenvalue weighted by atomic mass is 16.7. The molecule has 318 valence electrons. The van der Waals surface area contributed by atoms with E-state index in [4.69, 9.17) is 9.47 Å². The number of carbonyl (C=O) groups excluding carboxylic acids is 1. The number of amides is 1. The third kappa shape index (κ3) is 27.2. The van der Waals surface area contributed by atoms with Gasteiger partial charge in [-0.1, -0.05) is 164 Å². The molecule has 6 N–H and O–H groups in total. The van der Waals surface area contributed by atoms with E-state index in [9.17, 15) is 30.3 Å². The van der Waals surface area contributed by atoms with Gasteiger partial charge >= 0.3 is 0 Å². The fraction of sp³-hybridized carbons (Fsp3) is 0.761. The van der Waals surface area contributed by atoms with Gasteiger partial charge in [0.25, 0.3) is 0 Å². The average Bonchev–Trinajstić information content (AvgIpc) is 3.18. The van der Waals surface area contributed by atoms with Crippen molar-refractivity contribution >= 4 is 5.91 Å². The van der Waals surface area contributed by atoms with E-state index in [1.165, 1.54) is 51.4 Å². The van der Waals surface area contributed by atoms with Crippen molar-refractivity contribution in [2.45, 2.75) is 211 Å². The number of nitrogens with one attached hydrogen (secondary N) is 1. The Kier molecular flexibility index (Phi) is 33.5. The van der Waals surface area contributed by atoms with Crippen molar-refractivity contribution in [2.24, 2.45) is 0 Å². The smallest absolute Gasteiger partial charge is 0.220 e. The van der Waals surface area contributed by atoms with Crippen LogP contribution < -0.4 is 5.32 Å². The van der Waals surface area contributed by atoms with E-state index < -0.39 is 49.5 Å². The molecule has 1 heterocycles. The molecule has 0 aromatic carbocycles. The fourth-order valence-corrected chi connectivity index (χ4v) is 6.60. The molecule has 9 heteroatoms. The van der Waals surface area contributed by atoms with Gasteiger partial charge < -0.3 is 40.3 Å². The highest BCUT2D eigenvalue weighted by Crippen LogP contribution is 2.23. The summed E-state index contributed by atoms with van der Waals surface area (Å²) < 4.78 is 11.2. The summed E-state index contributed by atoms with van der Waals surface area (Å²) in [7, 11) is 0. The van der Waals surface area contributed by atoms with Gasteiger partial charge in [0.15, 0.2) is 6.29 Å². The third-order valence-electron chi connectivity index (χ3n) is 10.1. The molecule has 1 amide bonds. The normalized spacial score (nSPS) is 21.9. The topological polar surface area (TPSA) is 149 Å². The first-order chi connectivity index (χ1) is 26.8. The molecule has 0 aliphatic carbocycles. The molecule has 0 spiro atoms. The molecule has 1 aliphatic heterocycles. The lowest BCUT2D eigenvalue weighted by Gasteiger charge is -2.40. The Morgan fingerprint density at radius 2 is 1.13 bits per heavy atom. The van der Waals surface area contributed by atoms with E-state index in [2.05, 4.69) is 79.9 Å². The summed E-state index contributed by atoms with van der Waals surface area (Å²) in [5.41, 5.74) is 0. The number of aliphatic hydroxyl groups excluding tert-OH is 5. The second kappa shape index (κ2) is 36.2. The Balaban J connectivity index is 2.34. The summed E-state index contributed by atoms with van der Waals surface area (Å²) in [6.07, 6.45) is 39.4. The number of rotatable bonds is 35. The summed E-state index contributed by atoms with van der Waals surface area (Å²) >= 11 is 0. The van der Waals surface area contributed by atoms with E-state index in [-0.39, 0.29) is 12.5 Å². The molecule has 55 heavy (non-hydrogen) atoms. The lowest BCUT2D eigenvalue weighted by molar-refractivity contribution is -0.302. The maximum Gasteiger partial charge on any atom is 0.220 e. The van der Waals surface area contributed by atoms with Gasteiger partial charge in [0.1, 0.15) is 24.4 Å². The van der Waals surface area contributed by atoms with E-state index in [0.29, 0.717) is 12.8 Å². The summed E-state index contributed by atoms with van der Waals surface area (Å²) in [5.74, 6) is -0.167. The van der Waals surface area contributed by atoms with Gasteiger partial charge in [-0.05, 0) is 57.8 Å². The lowest BCUT2D eigenvalue weighted by Crippen LogP contribution is -2.60. The van der Waals surface area contributed by atoms with E-state index >= 15 is 0 Å². The Bertz CT molecular complexity index is 1040. The Labute approximate surface area is 335 Å². The van der Waals surface area contributed by atoms with Crippen molar-refractivity contribution in [1.82, 2.24) is 5.32 Å². The summed E-state index contributed by atoms with van der Waals surface area (Å²) in [5, 5.41) is 54.2. The molecular weight excluding hydrogens is 695 g/mol. The van der Waals surface area contributed by atoms with Crippen LogP contribution in [0.25, 0.3) is 0 Å². The van der Waals surface area contributed by atoms with Crippen molar-refractivity contribution < 1.29 is 39.8 Å². The zero-order valence-corrected chi connectivity index (χ0v) is 34.7. The highest BCUT2D eigenvalue weighted by Gasteiger charge is 2.44. The first-order valence-corrected chi connectivity index (χ1v) is 22.0. The van der Waals surface area contributed by atoms with Gasteiger partial charge in [-0.25, -0.2) is 0 Å². The summed E-state index contributed by atoms with van der Waals surface area (Å²) in [6, 6.07) is -0.730. The van der Waals surface area contributed by atoms with Crippen LogP contribution in [-0.2, 0) is 14.3 Å². The van der Waals surface area contributed by atoms with Crippen molar-refractivity contribution in [2.75, 3.05) is 13.2 Å². The monoisotopic (exact) mass is 776 g/mol. The number of carbonyl (C=O) groups is 1. The Morgan fingerprint density at radius 3 is 1.67 bits per heavy atom. The van der Waals surface area contributed by atoms with Crippen LogP contribution in [0.2, 0.25) is 0 Å². The molecule has 0 aromatic rings. The van der Waals surface area contributed by atoms with E-state index in [0.717, 1.165) is 89.9 Å². The summed E-state index contributed by atoms with van der Waals surface area (Å²) in [4.78, 5) is 12.9. The minimum absolute atomic E-state index is 0.149. The van der Waals surface area contributed by atoms with Crippen molar-refractivity contribution in [1.29, 1.82) is 0 Å². The fourth-order valence-electron chi connectivity index (χ4n) is 6.60. The van der Waals surface area contributed by atoms with Gasteiger partial charge in [0.05, 0.1) is 25.4 Å². The standard InChI is InChI=1S/C46H81NO8/c1-3-5-7-9-11-13-15-16-17-18-19-20-21-22-23-24-26-28-30-32-34-36-42(50)47-39(38-54-46-45(53)44(52)43(51)41(37-48)55-46)40(49)35-33-31-29-27-25-14-12-10-8-6-4-2/h5,7,11,13,16-17,19-20,22-23,39-41,43-46,48-49,51-53H,3-4,6,8-10,12,14-15,18,21,24-38H2,1-2H3,(H,47,50)/b7-5-,13-11-,17-16-,20-19-,23-22-. The van der Waals surface area contributed by atoms with Gasteiger partial charge in [0, 0.05) is 6.42 Å². The van der Waals surface area contributed by atoms with Crippen LogP contribution in [0.3, 0.4) is 0 Å². The molecule has 1 fully saturated rings. The number of aliphatic hydroxyl groups is 5. The number of hydrogen-bond donors (Lipinski definition) is 6. The van der Waals surface area contributed by atoms with Crippen LogP contribution in [0, 0.1) is 0 Å². The second-order valence-corrected chi connectivity index (χ2v) is 15.1. The zero-order valence-electron chi connectivity index (χ0n) is 34.7. The molecule has 0 aromatic heterocycles. The molecule has 1 saturated heterocycles. The first kappa shape index (κ1) is 50.9. The minimum atomic E-state index is -1.56. The quantitative estimate of drug-likeness (QED) is 0.0277. The predicted octanol–water partition coefficient (Wildman–Crippen LogP) is 8.83. The van der Waals surface area contributed by atoms with Crippen LogP contribution in [0.15, 0.2) is 60.8 Å². The maximum atomic E-state index is 12.9. The molecule has 7 unspecified atom stereocenters. The summed E-state index contributed by atoms with van der Waals surface area (Å²) in [6.45, 7) is 3.67. The van der Waals surface area contributed by atoms with E-state index in [1.54, 1.807) is 0 Å². The molecule has 7 atom stereocenters. The predicted molar refractivity (Wildman–Crippen MR) is 226 cm³/mol. The van der Waals surface area contributed by atoms with Gasteiger partial charge in [-0.2, -0.15) is 0 Å². The molecule has 0 radical (unpaired) electrons. The largest absolute Gasteiger partial charge is 0.394 e. The zero-order chi connectivity index (χ0) is 40.2. The third-order valence-corrected chi connectivity index (χ3v) is 10.1. The molecule has 9 nitrogen and oxygen atoms in total. The van der Waals surface area contributed by atoms with Crippen molar-refractivity contribution in [3.05, 3.63) is 60.8 Å². The number of allylic oxidation sites excluding steroid dienone is 10. The van der Waals surface area contributed by atoms with E-state index in [1.807, 2.05) is 0 Å². The molecule has 0 bridgehead atoms. The van der Waals surface area contributed by atoms with Crippen molar-refractivity contribution in [3.8, 4) is 0 Å². The van der Waals surface area contributed by atoms with Gasteiger partial charge in [-0.15, -0.1) is 0 Å². The van der Waals surface area contributed by atoms with Gasteiger partial charge in [-0.3, -0.25) is 4.79 Å². The Morgan fingerprint density at radius 1 is 0.636 bits per heavy atom. The highest BCUT2D eigenvalue weighted by molar-refractivity contribution is 5.76. The second-order valence-electron chi connectivity index (χ2n) is 15.1. The first-order valence-electron chi connectivity index (χ1n) is 22.0. The van der Waals surface area contributed by atoms with Crippen LogP contribution in [0.1, 0.15) is 168 Å². The van der Waals surface area contributed by atoms with Crippen LogP contribution in [0.5, 0.6) is 0 Å². The number of unbranched alkanes of at least 4 members (excludes halogenated alkanes) is 15. The minimum Gasteiger partial charge on any atom is -0.394 e. The van der Waals surface area contributed by atoms with Crippen molar-refractivity contribution in [3.63, 3.8) is 0 Å². The lowest BCUT2D eigenvalue weighted by atomic mass is 9.99. The van der Waals surface area contributed by atoms with Crippen LogP contribution >= 0.6 is 0 Å². The number of hydrogen-bond acceptors (Lipinski definition) is 8.